The molecule has 0 fully saturated rings. The lowest BCUT2D eigenvalue weighted by molar-refractivity contribution is -0.384. The number of ether oxygens (including phenoxy) is 1. The van der Waals surface area contributed by atoms with Gasteiger partial charge in [0.1, 0.15) is 12.4 Å². The lowest BCUT2D eigenvalue weighted by atomic mass is 10.3. The van der Waals surface area contributed by atoms with E-state index >= 15 is 0 Å². The number of nitrogens with zero attached hydrogens (tertiary/aromatic N) is 1. The van der Waals surface area contributed by atoms with Gasteiger partial charge in [0, 0.05) is 17.0 Å². The quantitative estimate of drug-likeness (QED) is 0.502. The van der Waals surface area contributed by atoms with E-state index in [0.717, 1.165) is 0 Å². The van der Waals surface area contributed by atoms with E-state index in [1.54, 1.807) is 24.3 Å². The van der Waals surface area contributed by atoms with Crippen molar-refractivity contribution in [3.05, 3.63) is 58.6 Å². The van der Waals surface area contributed by atoms with Crippen molar-refractivity contribution in [1.29, 1.82) is 0 Å². The third-order valence-electron chi connectivity index (χ3n) is 2.76. The van der Waals surface area contributed by atoms with Crippen LogP contribution in [0.1, 0.15) is 0 Å². The Morgan fingerprint density at radius 3 is 2.43 bits per heavy atom. The number of nitro groups is 1. The second-order valence-corrected chi connectivity index (χ2v) is 5.76. The largest absolute Gasteiger partial charge is 0.490 e. The third-order valence-corrected chi connectivity index (χ3v) is 4.09. The van der Waals surface area contributed by atoms with Crippen LogP contribution < -0.4 is 10.5 Å². The fraction of sp³-hybridized carbons (Fsp3) is 0.143. The molecule has 0 aliphatic rings. The van der Waals surface area contributed by atoms with Crippen molar-refractivity contribution >= 4 is 22.2 Å². The van der Waals surface area contributed by atoms with Crippen LogP contribution in [0.25, 0.3) is 0 Å². The molecule has 0 aliphatic heterocycles. The average Bonchev–Trinajstić information content (AvgIpc) is 2.49. The molecule has 2 rings (SSSR count). The van der Waals surface area contributed by atoms with Gasteiger partial charge in [0.15, 0.2) is 0 Å². The molecule has 1 atom stereocenters. The molecule has 0 amide bonds. The van der Waals surface area contributed by atoms with Gasteiger partial charge in [-0.3, -0.25) is 14.3 Å². The Labute approximate surface area is 124 Å². The molecule has 7 heteroatoms. The van der Waals surface area contributed by atoms with Gasteiger partial charge in [0.25, 0.3) is 5.69 Å². The molecule has 0 radical (unpaired) electrons. The Morgan fingerprint density at radius 1 is 1.14 bits per heavy atom. The van der Waals surface area contributed by atoms with E-state index in [4.69, 9.17) is 10.5 Å². The van der Waals surface area contributed by atoms with Crippen LogP contribution in [-0.4, -0.2) is 21.5 Å². The third kappa shape index (κ3) is 4.03. The Kier molecular flexibility index (Phi) is 4.89. The maximum absolute atomic E-state index is 12.0. The van der Waals surface area contributed by atoms with Crippen molar-refractivity contribution in [2.75, 3.05) is 18.1 Å². The number of nitrogens with two attached hydrogens (primary N) is 1. The molecule has 2 aromatic rings. The summed E-state index contributed by atoms with van der Waals surface area (Å²) in [4.78, 5) is 10.6. The minimum absolute atomic E-state index is 0.0240. The van der Waals surface area contributed by atoms with Crippen molar-refractivity contribution in [3.63, 3.8) is 0 Å². The maximum Gasteiger partial charge on any atom is 0.269 e. The number of anilines is 1. The van der Waals surface area contributed by atoms with Gasteiger partial charge in [-0.15, -0.1) is 0 Å². The normalized spacial score (nSPS) is 11.8. The van der Waals surface area contributed by atoms with Gasteiger partial charge in [-0.05, 0) is 24.3 Å². The summed E-state index contributed by atoms with van der Waals surface area (Å²) in [6.45, 7) is 0.248. The predicted molar refractivity (Wildman–Crippen MR) is 80.7 cm³/mol. The molecule has 0 saturated heterocycles. The molecule has 21 heavy (non-hydrogen) atoms. The summed E-state index contributed by atoms with van der Waals surface area (Å²) in [6, 6.07) is 12.7. The second-order valence-electron chi connectivity index (χ2n) is 4.19. The average molecular weight is 306 g/mol. The summed E-state index contributed by atoms with van der Waals surface area (Å²) >= 11 is 0. The van der Waals surface area contributed by atoms with Crippen molar-refractivity contribution < 1.29 is 13.9 Å². The fourth-order valence-electron chi connectivity index (χ4n) is 1.68. The molecule has 0 saturated carbocycles. The van der Waals surface area contributed by atoms with Crippen molar-refractivity contribution in [2.24, 2.45) is 0 Å². The fourth-order valence-corrected chi connectivity index (χ4v) is 2.59. The molecule has 0 aliphatic carbocycles. The second kappa shape index (κ2) is 6.85. The summed E-state index contributed by atoms with van der Waals surface area (Å²) < 4.78 is 17.5. The molecule has 0 spiro atoms. The van der Waals surface area contributed by atoms with Gasteiger partial charge < -0.3 is 10.5 Å². The Hall–Kier alpha value is -2.41. The SMILES string of the molecule is Nc1ccccc1OCCS(=O)c1ccc([N+](=O)[O-])cc1. The first-order chi connectivity index (χ1) is 10.1. The molecule has 0 aromatic heterocycles. The van der Waals surface area contributed by atoms with Crippen molar-refractivity contribution in [3.8, 4) is 5.75 Å². The molecule has 0 bridgehead atoms. The zero-order valence-electron chi connectivity index (χ0n) is 11.1. The highest BCUT2D eigenvalue weighted by Crippen LogP contribution is 2.20. The van der Waals surface area contributed by atoms with Gasteiger partial charge in [0.05, 0.1) is 27.2 Å². The molecule has 6 nitrogen and oxygen atoms in total. The number of nitro benzene ring substituents is 1. The summed E-state index contributed by atoms with van der Waals surface area (Å²) in [5.41, 5.74) is 6.23. The number of hydrogen-bond donors (Lipinski definition) is 1. The molecular formula is C14H14N2O4S. The highest BCUT2D eigenvalue weighted by molar-refractivity contribution is 7.85. The number of nitrogen functional groups attached to an aromatic ring is 1. The van der Waals surface area contributed by atoms with Gasteiger partial charge in [-0.25, -0.2) is 0 Å². The number of para-hydroxylation sites is 2. The smallest absolute Gasteiger partial charge is 0.269 e. The first kappa shape index (κ1) is 15.0. The highest BCUT2D eigenvalue weighted by Gasteiger charge is 2.09. The lowest BCUT2D eigenvalue weighted by Gasteiger charge is -2.08. The zero-order valence-corrected chi connectivity index (χ0v) is 11.9. The molecule has 0 heterocycles. The number of rotatable bonds is 6. The summed E-state index contributed by atoms with van der Waals surface area (Å²) in [5.74, 6) is 0.838. The van der Waals surface area contributed by atoms with Crippen LogP contribution in [0.2, 0.25) is 0 Å². The van der Waals surface area contributed by atoms with E-state index in [0.29, 0.717) is 16.3 Å². The highest BCUT2D eigenvalue weighted by atomic mass is 32.2. The van der Waals surface area contributed by atoms with Gasteiger partial charge in [0.2, 0.25) is 0 Å². The van der Waals surface area contributed by atoms with E-state index in [1.165, 1.54) is 24.3 Å². The standard InChI is InChI=1S/C14H14N2O4S/c15-13-3-1-2-4-14(13)20-9-10-21(19)12-7-5-11(6-8-12)16(17)18/h1-8H,9-10,15H2. The van der Waals surface area contributed by atoms with Gasteiger partial charge >= 0.3 is 0 Å². The van der Waals surface area contributed by atoms with Crippen LogP contribution in [-0.2, 0) is 10.8 Å². The summed E-state index contributed by atoms with van der Waals surface area (Å²) in [5, 5.41) is 10.5. The van der Waals surface area contributed by atoms with E-state index in [1.807, 2.05) is 0 Å². The van der Waals surface area contributed by atoms with Crippen molar-refractivity contribution in [1.82, 2.24) is 0 Å². The number of benzene rings is 2. The van der Waals surface area contributed by atoms with Crippen LogP contribution in [0.5, 0.6) is 5.75 Å². The molecule has 2 aromatic carbocycles. The molecule has 110 valence electrons. The predicted octanol–water partition coefficient (Wildman–Crippen LogP) is 2.36. The first-order valence-corrected chi connectivity index (χ1v) is 7.50. The van der Waals surface area contributed by atoms with E-state index in [9.17, 15) is 14.3 Å². The Morgan fingerprint density at radius 2 is 1.81 bits per heavy atom. The number of non-ortho nitro benzene ring substituents is 1. The maximum atomic E-state index is 12.0. The van der Waals surface area contributed by atoms with Crippen LogP contribution in [0.15, 0.2) is 53.4 Å². The van der Waals surface area contributed by atoms with E-state index in [2.05, 4.69) is 0 Å². The van der Waals surface area contributed by atoms with E-state index in [-0.39, 0.29) is 18.0 Å². The van der Waals surface area contributed by atoms with Crippen LogP contribution in [0.4, 0.5) is 11.4 Å². The van der Waals surface area contributed by atoms with Gasteiger partial charge in [-0.2, -0.15) is 0 Å². The zero-order chi connectivity index (χ0) is 15.2. The minimum Gasteiger partial charge on any atom is -0.490 e. The first-order valence-electron chi connectivity index (χ1n) is 6.18. The summed E-state index contributed by atoms with van der Waals surface area (Å²) in [6.07, 6.45) is 0. The van der Waals surface area contributed by atoms with Crippen LogP contribution in [0.3, 0.4) is 0 Å². The van der Waals surface area contributed by atoms with Crippen molar-refractivity contribution in [2.45, 2.75) is 4.90 Å². The minimum atomic E-state index is -1.27. The summed E-state index contributed by atoms with van der Waals surface area (Å²) in [7, 11) is -1.27. The molecule has 1 unspecified atom stereocenters. The monoisotopic (exact) mass is 306 g/mol. The lowest BCUT2D eigenvalue weighted by Crippen LogP contribution is -2.09. The molecular weight excluding hydrogens is 292 g/mol. The Bertz CT molecular complexity index is 658. The number of hydrogen-bond acceptors (Lipinski definition) is 5. The topological polar surface area (TPSA) is 95.5 Å². The van der Waals surface area contributed by atoms with Gasteiger partial charge in [-0.1, -0.05) is 12.1 Å². The van der Waals surface area contributed by atoms with Crippen LogP contribution >= 0.6 is 0 Å². The molecule has 2 N–H and O–H groups in total. The Balaban J connectivity index is 1.90. The van der Waals surface area contributed by atoms with E-state index < -0.39 is 15.7 Å². The van der Waals surface area contributed by atoms with Crippen LogP contribution in [0, 0.1) is 10.1 Å².